The van der Waals surface area contributed by atoms with Crippen LogP contribution in [0, 0.1) is 0 Å². The highest BCUT2D eigenvalue weighted by atomic mass is 32.1. The Labute approximate surface area is 116 Å². The Morgan fingerprint density at radius 2 is 2.37 bits per heavy atom. The van der Waals surface area contributed by atoms with Crippen LogP contribution in [0.2, 0.25) is 0 Å². The molecule has 1 atom stereocenters. The van der Waals surface area contributed by atoms with Gasteiger partial charge in [0.1, 0.15) is 0 Å². The van der Waals surface area contributed by atoms with Crippen LogP contribution in [0.1, 0.15) is 29.8 Å². The molecule has 6 heteroatoms. The van der Waals surface area contributed by atoms with Gasteiger partial charge in [0.15, 0.2) is 5.13 Å². The molecule has 2 N–H and O–H groups in total. The molecule has 0 spiro atoms. The highest BCUT2D eigenvalue weighted by molar-refractivity contribution is 7.15. The molecule has 1 saturated heterocycles. The minimum absolute atomic E-state index is 0.0264. The van der Waals surface area contributed by atoms with Gasteiger partial charge in [-0.1, -0.05) is 0 Å². The van der Waals surface area contributed by atoms with Gasteiger partial charge in [-0.2, -0.15) is 0 Å². The van der Waals surface area contributed by atoms with Crippen molar-refractivity contribution in [3.05, 3.63) is 10.6 Å². The van der Waals surface area contributed by atoms with Crippen molar-refractivity contribution in [2.24, 2.45) is 0 Å². The number of carbonyl (C=O) groups is 1. The summed E-state index contributed by atoms with van der Waals surface area (Å²) in [6.45, 7) is 1.84. The van der Waals surface area contributed by atoms with Crippen molar-refractivity contribution in [3.8, 4) is 0 Å². The molecule has 1 aromatic rings. The molecule has 1 aliphatic carbocycles. The number of thiazole rings is 1. The molecule has 0 saturated carbocycles. The smallest absolute Gasteiger partial charge is 0.240 e. The number of carbonyl (C=O) groups excluding carboxylic acids is 1. The first-order valence-electron chi connectivity index (χ1n) is 6.89. The third-order valence-electron chi connectivity index (χ3n) is 3.69. The maximum absolute atomic E-state index is 11.9. The Balaban J connectivity index is 1.53. The fourth-order valence-corrected chi connectivity index (χ4v) is 3.85. The second-order valence-electron chi connectivity index (χ2n) is 5.32. The summed E-state index contributed by atoms with van der Waals surface area (Å²) in [5.74, 6) is -0.0264. The zero-order valence-corrected chi connectivity index (χ0v) is 11.7. The van der Waals surface area contributed by atoms with Crippen LogP contribution in [0.4, 0.5) is 5.13 Å². The molecule has 3 rings (SSSR count). The number of fused-ring (bicyclic) bond motifs is 1. The number of rotatable bonds is 3. The van der Waals surface area contributed by atoms with E-state index < -0.39 is 0 Å². The molecule has 0 radical (unpaired) electrons. The van der Waals surface area contributed by atoms with E-state index in [4.69, 9.17) is 0 Å². The Kier molecular flexibility index (Phi) is 3.81. The van der Waals surface area contributed by atoms with Gasteiger partial charge in [-0.3, -0.25) is 9.69 Å². The van der Waals surface area contributed by atoms with Gasteiger partial charge in [0.25, 0.3) is 0 Å². The standard InChI is InChI=1S/C13H19N3O2S/c17-9-3-2-6-16(7-9)8-12(18)15-13-14-10-4-1-5-11(10)19-13/h9,17H,1-8H2,(H,14,15,18). The van der Waals surface area contributed by atoms with E-state index in [1.165, 1.54) is 11.3 Å². The van der Waals surface area contributed by atoms with E-state index in [-0.39, 0.29) is 12.0 Å². The third kappa shape index (κ3) is 3.13. The van der Waals surface area contributed by atoms with Crippen LogP contribution < -0.4 is 5.32 Å². The van der Waals surface area contributed by atoms with E-state index in [1.807, 2.05) is 4.90 Å². The van der Waals surface area contributed by atoms with Gasteiger partial charge in [-0.15, -0.1) is 11.3 Å². The lowest BCUT2D eigenvalue weighted by atomic mass is 10.1. The fraction of sp³-hybridized carbons (Fsp3) is 0.692. The zero-order chi connectivity index (χ0) is 13.2. The van der Waals surface area contributed by atoms with Crippen molar-refractivity contribution < 1.29 is 9.90 Å². The van der Waals surface area contributed by atoms with Gasteiger partial charge in [0, 0.05) is 11.4 Å². The summed E-state index contributed by atoms with van der Waals surface area (Å²) in [7, 11) is 0. The quantitative estimate of drug-likeness (QED) is 0.868. The second kappa shape index (κ2) is 5.56. The van der Waals surface area contributed by atoms with Crippen molar-refractivity contribution in [1.29, 1.82) is 0 Å². The van der Waals surface area contributed by atoms with Gasteiger partial charge in [0.05, 0.1) is 18.3 Å². The van der Waals surface area contributed by atoms with E-state index in [1.54, 1.807) is 11.3 Å². The van der Waals surface area contributed by atoms with Crippen molar-refractivity contribution >= 4 is 22.4 Å². The number of amides is 1. The SMILES string of the molecule is O=C(CN1CCCC(O)C1)Nc1nc2c(s1)CCC2. The van der Waals surface area contributed by atoms with Gasteiger partial charge in [-0.05, 0) is 38.6 Å². The minimum atomic E-state index is -0.287. The van der Waals surface area contributed by atoms with Crippen LogP contribution in [0.15, 0.2) is 0 Å². The van der Waals surface area contributed by atoms with Crippen molar-refractivity contribution in [3.63, 3.8) is 0 Å². The molecule has 5 nitrogen and oxygen atoms in total. The van der Waals surface area contributed by atoms with Crippen LogP contribution in [0.5, 0.6) is 0 Å². The minimum Gasteiger partial charge on any atom is -0.392 e. The molecule has 104 valence electrons. The average Bonchev–Trinajstić information content (AvgIpc) is 2.89. The lowest BCUT2D eigenvalue weighted by Gasteiger charge is -2.29. The molecule has 1 aliphatic heterocycles. The molecular formula is C13H19N3O2S. The first-order chi connectivity index (χ1) is 9.20. The molecule has 0 bridgehead atoms. The molecule has 0 aromatic carbocycles. The van der Waals surface area contributed by atoms with E-state index in [0.717, 1.165) is 43.1 Å². The van der Waals surface area contributed by atoms with Crippen LogP contribution in [-0.2, 0) is 17.6 Å². The third-order valence-corrected chi connectivity index (χ3v) is 4.76. The largest absolute Gasteiger partial charge is 0.392 e. The number of aliphatic hydroxyl groups excluding tert-OH is 1. The van der Waals surface area contributed by atoms with Gasteiger partial charge in [0.2, 0.25) is 5.91 Å². The number of aromatic nitrogens is 1. The summed E-state index contributed by atoms with van der Waals surface area (Å²) in [5.41, 5.74) is 1.16. The number of nitrogens with zero attached hydrogens (tertiary/aromatic N) is 2. The molecule has 1 unspecified atom stereocenters. The summed E-state index contributed by atoms with van der Waals surface area (Å²) < 4.78 is 0. The molecule has 2 heterocycles. The first-order valence-corrected chi connectivity index (χ1v) is 7.71. The lowest BCUT2D eigenvalue weighted by Crippen LogP contribution is -2.42. The summed E-state index contributed by atoms with van der Waals surface area (Å²) in [4.78, 5) is 19.7. The number of β-amino-alcohol motifs (C(OH)–C–C–N with tert-alkyl or cyclic N) is 1. The second-order valence-corrected chi connectivity index (χ2v) is 6.41. The number of hydrogen-bond acceptors (Lipinski definition) is 5. The maximum atomic E-state index is 11.9. The normalized spacial score (nSPS) is 23.3. The Bertz CT molecular complexity index is 453. The Morgan fingerprint density at radius 1 is 1.47 bits per heavy atom. The number of piperidine rings is 1. The fourth-order valence-electron chi connectivity index (χ4n) is 2.78. The molecule has 1 aromatic heterocycles. The summed E-state index contributed by atoms with van der Waals surface area (Å²) >= 11 is 1.60. The summed E-state index contributed by atoms with van der Waals surface area (Å²) in [5, 5.41) is 13.2. The summed E-state index contributed by atoms with van der Waals surface area (Å²) in [6.07, 6.45) is 4.84. The van der Waals surface area contributed by atoms with Gasteiger partial charge in [-0.25, -0.2) is 4.98 Å². The van der Waals surface area contributed by atoms with Gasteiger partial charge >= 0.3 is 0 Å². The Morgan fingerprint density at radius 3 is 3.16 bits per heavy atom. The average molecular weight is 281 g/mol. The molecule has 19 heavy (non-hydrogen) atoms. The predicted octanol–water partition coefficient (Wildman–Crippen LogP) is 1.03. The van der Waals surface area contributed by atoms with Crippen LogP contribution in [-0.4, -0.2) is 46.6 Å². The monoisotopic (exact) mass is 281 g/mol. The lowest BCUT2D eigenvalue weighted by molar-refractivity contribution is -0.118. The number of nitrogens with one attached hydrogen (secondary N) is 1. The van der Waals surface area contributed by atoms with Gasteiger partial charge < -0.3 is 10.4 Å². The van der Waals surface area contributed by atoms with Crippen molar-refractivity contribution in [1.82, 2.24) is 9.88 Å². The first kappa shape index (κ1) is 13.0. The highest BCUT2D eigenvalue weighted by Crippen LogP contribution is 2.30. The Hall–Kier alpha value is -0.980. The van der Waals surface area contributed by atoms with Crippen LogP contribution in [0.25, 0.3) is 0 Å². The highest BCUT2D eigenvalue weighted by Gasteiger charge is 2.21. The molecule has 1 amide bonds. The van der Waals surface area contributed by atoms with E-state index >= 15 is 0 Å². The van der Waals surface area contributed by atoms with E-state index in [0.29, 0.717) is 13.1 Å². The van der Waals surface area contributed by atoms with E-state index in [9.17, 15) is 9.90 Å². The summed E-state index contributed by atoms with van der Waals surface area (Å²) in [6, 6.07) is 0. The number of aryl methyl sites for hydroxylation is 2. The molecule has 2 aliphatic rings. The van der Waals surface area contributed by atoms with Crippen LogP contribution in [0.3, 0.4) is 0 Å². The topological polar surface area (TPSA) is 65.5 Å². The zero-order valence-electron chi connectivity index (χ0n) is 10.9. The van der Waals surface area contributed by atoms with E-state index in [2.05, 4.69) is 10.3 Å². The van der Waals surface area contributed by atoms with Crippen molar-refractivity contribution in [2.45, 2.75) is 38.2 Å². The molecule has 1 fully saturated rings. The number of anilines is 1. The van der Waals surface area contributed by atoms with Crippen LogP contribution >= 0.6 is 11.3 Å². The molecular weight excluding hydrogens is 262 g/mol. The maximum Gasteiger partial charge on any atom is 0.240 e. The number of likely N-dealkylation sites (tertiary alicyclic amines) is 1. The number of hydrogen-bond donors (Lipinski definition) is 2. The van der Waals surface area contributed by atoms with Crippen molar-refractivity contribution in [2.75, 3.05) is 25.0 Å². The predicted molar refractivity (Wildman–Crippen MR) is 74.4 cm³/mol. The number of aliphatic hydroxyl groups is 1.